The molecule has 0 spiro atoms. The summed E-state index contributed by atoms with van der Waals surface area (Å²) in [6.07, 6.45) is 1.70. The van der Waals surface area contributed by atoms with E-state index in [-0.39, 0.29) is 82.6 Å². The van der Waals surface area contributed by atoms with Gasteiger partial charge < -0.3 is 66.4 Å². The fourth-order valence-corrected chi connectivity index (χ4v) is 7.75. The number of pyridine rings is 2. The third-order valence-corrected chi connectivity index (χ3v) is 11.6. The Hall–Kier alpha value is -7.60. The van der Waals surface area contributed by atoms with Crippen molar-refractivity contribution in [2.45, 2.75) is 83.4 Å². The molecule has 4 aromatic rings. The van der Waals surface area contributed by atoms with Crippen LogP contribution in [0.4, 0.5) is 4.79 Å². The summed E-state index contributed by atoms with van der Waals surface area (Å²) in [5.74, 6) is -3.67. The maximum atomic E-state index is 14.3. The quantitative estimate of drug-likeness (QED) is 0.0844. The number of benzene rings is 2. The first-order valence-corrected chi connectivity index (χ1v) is 25.1. The molecule has 8 N–H and O–H groups in total. The van der Waals surface area contributed by atoms with Gasteiger partial charge in [0.2, 0.25) is 5.91 Å². The highest BCUT2D eigenvalue weighted by Crippen LogP contribution is 2.12. The molecule has 0 radical (unpaired) electrons. The van der Waals surface area contributed by atoms with E-state index in [9.17, 15) is 38.4 Å². The van der Waals surface area contributed by atoms with Crippen molar-refractivity contribution in [2.24, 2.45) is 0 Å². The Morgan fingerprint density at radius 3 is 1.65 bits per heavy atom. The SMILES string of the molecule is CC(C)(C)OC(=O)NCCOCCNC(=O)C1CCNCCCCNCCCNC(=O)c2ccc(n(OCc3ccccc3)c2=O)C(=O)N[C@@H]2COC[C@@H]2NC(=O)c2ccc(c(=O)n2OCc2ccccc2)C(=O)N1. The van der Waals surface area contributed by atoms with Crippen molar-refractivity contribution in [3.8, 4) is 0 Å². The monoisotopic (exact) mass is 1040 g/mol. The standard InChI is InChI=1S/C52H68N10O13/c1-52(2,3)75-51(70)57-28-30-71-29-27-56-46(65)39-21-26-54-23-11-10-22-53-24-12-25-55-44(63)37-17-19-42(61(49(37)68)73-31-35-13-6-4-7-14-35)47(66)59-40-33-72-34-41(40)60-48(67)43-20-18-38(45(64)58-39)50(69)62(43)74-32-36-15-8-5-9-16-36/h4-9,13-20,39-41,53-54H,10-12,21-34H2,1-3H3,(H,55,63)(H,56,65)(H,57,70)(H,58,64)(H,59,66)(H,60,67)/t39?,40-,41+/m1/s1. The molecule has 3 atom stereocenters. The Kier molecular flexibility index (Phi) is 21.7. The van der Waals surface area contributed by atoms with E-state index in [1.165, 1.54) is 18.2 Å². The van der Waals surface area contributed by atoms with E-state index in [0.29, 0.717) is 48.5 Å². The summed E-state index contributed by atoms with van der Waals surface area (Å²) in [5.41, 5.74) is -2.35. The molecule has 8 rings (SSSR count). The van der Waals surface area contributed by atoms with Gasteiger partial charge in [0.1, 0.15) is 47.4 Å². The van der Waals surface area contributed by atoms with Crippen LogP contribution in [0.1, 0.15) is 99.3 Å². The van der Waals surface area contributed by atoms with Gasteiger partial charge in [0.25, 0.3) is 34.7 Å². The van der Waals surface area contributed by atoms with Crippen molar-refractivity contribution in [1.29, 1.82) is 0 Å². The van der Waals surface area contributed by atoms with Crippen LogP contribution in [0, 0.1) is 0 Å². The summed E-state index contributed by atoms with van der Waals surface area (Å²) in [5, 5.41) is 23.1. The zero-order chi connectivity index (χ0) is 53.6. The number of fused-ring (bicyclic) bond motifs is 2. The highest BCUT2D eigenvalue weighted by Gasteiger charge is 2.34. The van der Waals surface area contributed by atoms with Gasteiger partial charge in [-0.3, -0.25) is 33.6 Å². The lowest BCUT2D eigenvalue weighted by atomic mass is 10.1. The molecule has 404 valence electrons. The number of hydrogen-bond acceptors (Lipinski definition) is 15. The molecule has 4 aliphatic rings. The fourth-order valence-electron chi connectivity index (χ4n) is 7.75. The van der Waals surface area contributed by atoms with Crippen LogP contribution in [0.3, 0.4) is 0 Å². The first kappa shape index (κ1) is 56.7. The van der Waals surface area contributed by atoms with Gasteiger partial charge in [-0.1, -0.05) is 60.7 Å². The van der Waals surface area contributed by atoms with E-state index in [4.69, 9.17) is 23.9 Å². The van der Waals surface area contributed by atoms with Gasteiger partial charge in [-0.05, 0) is 108 Å². The summed E-state index contributed by atoms with van der Waals surface area (Å²) >= 11 is 0. The van der Waals surface area contributed by atoms with Gasteiger partial charge in [0, 0.05) is 19.6 Å². The minimum atomic E-state index is -1.11. The molecule has 0 aliphatic carbocycles. The minimum Gasteiger partial charge on any atom is -0.444 e. The Labute approximate surface area is 434 Å². The van der Waals surface area contributed by atoms with E-state index in [0.717, 1.165) is 23.6 Å². The maximum absolute atomic E-state index is 14.3. The van der Waals surface area contributed by atoms with E-state index in [1.54, 1.807) is 75.4 Å². The molecule has 75 heavy (non-hydrogen) atoms. The number of rotatable bonds is 13. The fraction of sp³-hybridized carbons (Fsp3) is 0.462. The molecular weight excluding hydrogens is 973 g/mol. The van der Waals surface area contributed by atoms with Crippen LogP contribution in [0.15, 0.2) is 94.5 Å². The molecule has 0 saturated carbocycles. The molecule has 23 nitrogen and oxygen atoms in total. The van der Waals surface area contributed by atoms with Gasteiger partial charge in [-0.2, -0.15) is 0 Å². The zero-order valence-corrected chi connectivity index (χ0v) is 42.5. The molecule has 1 unspecified atom stereocenters. The predicted molar refractivity (Wildman–Crippen MR) is 274 cm³/mol. The molecule has 1 fully saturated rings. The zero-order valence-electron chi connectivity index (χ0n) is 42.5. The number of carbonyl (C=O) groups excluding carboxylic acids is 6. The molecular formula is C52H68N10O13. The van der Waals surface area contributed by atoms with Crippen molar-refractivity contribution in [3.63, 3.8) is 0 Å². The van der Waals surface area contributed by atoms with Crippen molar-refractivity contribution in [3.05, 3.63) is 139 Å². The lowest BCUT2D eigenvalue weighted by Gasteiger charge is -2.23. The number of aromatic nitrogens is 2. The van der Waals surface area contributed by atoms with E-state index >= 15 is 0 Å². The number of hydrogen-bond donors (Lipinski definition) is 8. The number of amides is 6. The Bertz CT molecular complexity index is 2680. The minimum absolute atomic E-state index is 0.0534. The van der Waals surface area contributed by atoms with E-state index in [2.05, 4.69) is 42.5 Å². The summed E-state index contributed by atoms with van der Waals surface area (Å²) in [6.45, 7) is 7.79. The molecule has 23 heteroatoms. The van der Waals surface area contributed by atoms with E-state index < -0.39 is 76.0 Å². The van der Waals surface area contributed by atoms with Crippen molar-refractivity contribution < 1.29 is 52.7 Å². The summed E-state index contributed by atoms with van der Waals surface area (Å²) in [4.78, 5) is 121. The van der Waals surface area contributed by atoms with Gasteiger partial charge in [-0.25, -0.2) is 4.79 Å². The number of ether oxygens (including phenoxy) is 3. The maximum Gasteiger partial charge on any atom is 0.407 e. The van der Waals surface area contributed by atoms with Crippen molar-refractivity contribution in [2.75, 3.05) is 72.2 Å². The van der Waals surface area contributed by atoms with Crippen LogP contribution in [0.2, 0.25) is 0 Å². The second kappa shape index (κ2) is 28.7. The summed E-state index contributed by atoms with van der Waals surface area (Å²) in [7, 11) is 0. The van der Waals surface area contributed by atoms with Crippen molar-refractivity contribution >= 4 is 35.6 Å². The smallest absolute Gasteiger partial charge is 0.407 e. The Balaban J connectivity index is 1.22. The lowest BCUT2D eigenvalue weighted by molar-refractivity contribution is -0.123. The topological polar surface area (TPSA) is 289 Å². The average Bonchev–Trinajstić information content (AvgIpc) is 3.82. The first-order valence-electron chi connectivity index (χ1n) is 25.1. The van der Waals surface area contributed by atoms with Crippen molar-refractivity contribution in [1.82, 2.24) is 52.0 Å². The second-order valence-corrected chi connectivity index (χ2v) is 18.6. The van der Waals surface area contributed by atoms with E-state index in [1.807, 2.05) is 6.07 Å². The van der Waals surface area contributed by atoms with Gasteiger partial charge in [0.15, 0.2) is 0 Å². The molecule has 6 amide bonds. The second-order valence-electron chi connectivity index (χ2n) is 18.6. The number of nitrogens with zero attached hydrogens (tertiary/aromatic N) is 2. The van der Waals surface area contributed by atoms with Gasteiger partial charge >= 0.3 is 6.09 Å². The molecule has 2 aromatic carbocycles. The van der Waals surface area contributed by atoms with Crippen LogP contribution in [0.5, 0.6) is 0 Å². The predicted octanol–water partition coefficient (Wildman–Crippen LogP) is 0.434. The summed E-state index contributed by atoms with van der Waals surface area (Å²) < 4.78 is 17.9. The average molecular weight is 1040 g/mol. The molecule has 6 heterocycles. The third kappa shape index (κ3) is 17.8. The van der Waals surface area contributed by atoms with Gasteiger partial charge in [0.05, 0.1) is 38.5 Å². The number of alkyl carbamates (subject to hydrolysis) is 1. The number of carbonyl (C=O) groups is 6. The van der Waals surface area contributed by atoms with Crippen LogP contribution >= 0.6 is 0 Å². The summed E-state index contributed by atoms with van der Waals surface area (Å²) in [6, 6.07) is 19.9. The number of nitrogens with one attached hydrogen (secondary N) is 8. The molecule has 4 aliphatic heterocycles. The molecule has 4 bridgehead atoms. The van der Waals surface area contributed by atoms with Crippen LogP contribution in [-0.2, 0) is 32.2 Å². The molecule has 2 aromatic heterocycles. The van der Waals surface area contributed by atoms with Crippen LogP contribution in [-0.4, -0.2) is 141 Å². The van der Waals surface area contributed by atoms with Crippen LogP contribution < -0.4 is 63.3 Å². The first-order chi connectivity index (χ1) is 36.2. The highest BCUT2D eigenvalue weighted by atomic mass is 16.7. The largest absolute Gasteiger partial charge is 0.444 e. The molecule has 1 saturated heterocycles. The Morgan fingerprint density at radius 1 is 0.600 bits per heavy atom. The highest BCUT2D eigenvalue weighted by molar-refractivity contribution is 5.99. The Morgan fingerprint density at radius 2 is 1.11 bits per heavy atom. The lowest BCUT2D eigenvalue weighted by Crippen LogP contribution is -2.53. The third-order valence-electron chi connectivity index (χ3n) is 11.6. The van der Waals surface area contributed by atoms with Crippen LogP contribution in [0.25, 0.3) is 0 Å². The normalized spacial score (nSPS) is 18.6. The van der Waals surface area contributed by atoms with Gasteiger partial charge in [-0.15, -0.1) is 9.46 Å².